The summed E-state index contributed by atoms with van der Waals surface area (Å²) in [6.45, 7) is 5.21. The summed E-state index contributed by atoms with van der Waals surface area (Å²) in [5.41, 5.74) is 2.27. The number of rotatable bonds is 2. The molecule has 5 heteroatoms. The fraction of sp³-hybridized carbons (Fsp3) is 0.625. The molecule has 2 aromatic heterocycles. The maximum Gasteiger partial charge on any atom is 0.143 e. The minimum Gasteiger partial charge on any atom is -0.378 e. The molecule has 2 aliphatic rings. The SMILES string of the molecule is CCc1c[nH]c2ncnc(N3CCC4OCCCC4C3)c12. The highest BCUT2D eigenvalue weighted by Gasteiger charge is 2.33. The molecule has 2 atom stereocenters. The van der Waals surface area contributed by atoms with E-state index in [0.29, 0.717) is 12.0 Å². The summed E-state index contributed by atoms with van der Waals surface area (Å²) < 4.78 is 5.92. The molecule has 2 aliphatic heterocycles. The second-order valence-corrected chi connectivity index (χ2v) is 6.13. The van der Waals surface area contributed by atoms with Gasteiger partial charge in [0.2, 0.25) is 0 Å². The molecule has 2 fully saturated rings. The van der Waals surface area contributed by atoms with Gasteiger partial charge in [-0.2, -0.15) is 0 Å². The van der Waals surface area contributed by atoms with Crippen molar-refractivity contribution >= 4 is 16.9 Å². The quantitative estimate of drug-likeness (QED) is 0.921. The number of fused-ring (bicyclic) bond motifs is 2. The Hall–Kier alpha value is -1.62. The Morgan fingerprint density at radius 3 is 3.24 bits per heavy atom. The van der Waals surface area contributed by atoms with E-state index in [0.717, 1.165) is 44.0 Å². The lowest BCUT2D eigenvalue weighted by molar-refractivity contribution is -0.0357. The number of hydrogen-bond acceptors (Lipinski definition) is 4. The summed E-state index contributed by atoms with van der Waals surface area (Å²) in [7, 11) is 0. The van der Waals surface area contributed by atoms with E-state index in [1.54, 1.807) is 6.33 Å². The monoisotopic (exact) mass is 286 g/mol. The lowest BCUT2D eigenvalue weighted by Crippen LogP contribution is -2.46. The third kappa shape index (κ3) is 2.20. The molecule has 0 spiro atoms. The molecule has 0 aromatic carbocycles. The van der Waals surface area contributed by atoms with E-state index < -0.39 is 0 Å². The third-order valence-electron chi connectivity index (χ3n) is 4.93. The normalized spacial score (nSPS) is 26.0. The lowest BCUT2D eigenvalue weighted by Gasteiger charge is -2.41. The fourth-order valence-electron chi connectivity index (χ4n) is 3.81. The number of anilines is 1. The van der Waals surface area contributed by atoms with Gasteiger partial charge in [0.05, 0.1) is 11.5 Å². The molecule has 2 unspecified atom stereocenters. The van der Waals surface area contributed by atoms with Crippen molar-refractivity contribution in [3.05, 3.63) is 18.1 Å². The molecule has 0 bridgehead atoms. The van der Waals surface area contributed by atoms with Crippen LogP contribution in [0.15, 0.2) is 12.5 Å². The summed E-state index contributed by atoms with van der Waals surface area (Å²) >= 11 is 0. The van der Waals surface area contributed by atoms with Gasteiger partial charge in [0.25, 0.3) is 0 Å². The van der Waals surface area contributed by atoms with Crippen LogP contribution in [-0.2, 0) is 11.2 Å². The molecule has 112 valence electrons. The van der Waals surface area contributed by atoms with Crippen molar-refractivity contribution < 1.29 is 4.74 Å². The van der Waals surface area contributed by atoms with Crippen LogP contribution in [0.4, 0.5) is 5.82 Å². The van der Waals surface area contributed by atoms with Gasteiger partial charge in [-0.3, -0.25) is 0 Å². The summed E-state index contributed by atoms with van der Waals surface area (Å²) in [6, 6.07) is 0. The highest BCUT2D eigenvalue weighted by Crippen LogP contribution is 2.33. The van der Waals surface area contributed by atoms with Gasteiger partial charge in [0.15, 0.2) is 0 Å². The number of ether oxygens (including phenoxy) is 1. The molecular formula is C16H22N4O. The first-order chi connectivity index (χ1) is 10.4. The Balaban J connectivity index is 1.68. The smallest absolute Gasteiger partial charge is 0.143 e. The van der Waals surface area contributed by atoms with Crippen LogP contribution in [-0.4, -0.2) is 40.8 Å². The highest BCUT2D eigenvalue weighted by atomic mass is 16.5. The second kappa shape index (κ2) is 5.30. The van der Waals surface area contributed by atoms with E-state index in [-0.39, 0.29) is 0 Å². The van der Waals surface area contributed by atoms with Crippen LogP contribution in [0.3, 0.4) is 0 Å². The predicted molar refractivity (Wildman–Crippen MR) is 82.6 cm³/mol. The summed E-state index contributed by atoms with van der Waals surface area (Å²) in [5.74, 6) is 1.75. The van der Waals surface area contributed by atoms with Crippen molar-refractivity contribution in [3.63, 3.8) is 0 Å². The second-order valence-electron chi connectivity index (χ2n) is 6.13. The third-order valence-corrected chi connectivity index (χ3v) is 4.93. The molecular weight excluding hydrogens is 264 g/mol. The molecule has 2 aromatic rings. The van der Waals surface area contributed by atoms with Crippen LogP contribution in [0.5, 0.6) is 0 Å². The zero-order valence-electron chi connectivity index (χ0n) is 12.5. The van der Waals surface area contributed by atoms with Crippen LogP contribution >= 0.6 is 0 Å². The van der Waals surface area contributed by atoms with E-state index in [1.807, 2.05) is 0 Å². The van der Waals surface area contributed by atoms with Gasteiger partial charge in [-0.15, -0.1) is 0 Å². The zero-order chi connectivity index (χ0) is 14.2. The molecule has 4 rings (SSSR count). The number of hydrogen-bond donors (Lipinski definition) is 1. The molecule has 0 amide bonds. The molecule has 0 saturated carbocycles. The maximum absolute atomic E-state index is 5.92. The number of piperidine rings is 1. The van der Waals surface area contributed by atoms with Gasteiger partial charge < -0.3 is 14.6 Å². The number of aromatic nitrogens is 3. The Labute approximate surface area is 124 Å². The average molecular weight is 286 g/mol. The number of nitrogens with one attached hydrogen (secondary N) is 1. The van der Waals surface area contributed by atoms with Crippen LogP contribution in [0.2, 0.25) is 0 Å². The predicted octanol–water partition coefficient (Wildman–Crippen LogP) is 2.53. The molecule has 4 heterocycles. The van der Waals surface area contributed by atoms with Crippen molar-refractivity contribution in [1.82, 2.24) is 15.0 Å². The van der Waals surface area contributed by atoms with E-state index in [4.69, 9.17) is 4.74 Å². The van der Waals surface area contributed by atoms with Crippen molar-refractivity contribution in [2.75, 3.05) is 24.6 Å². The van der Waals surface area contributed by atoms with E-state index in [1.165, 1.54) is 23.8 Å². The molecule has 21 heavy (non-hydrogen) atoms. The van der Waals surface area contributed by atoms with Crippen molar-refractivity contribution in [1.29, 1.82) is 0 Å². The number of H-pyrrole nitrogens is 1. The zero-order valence-corrected chi connectivity index (χ0v) is 12.5. The molecule has 0 radical (unpaired) electrons. The first kappa shape index (κ1) is 13.1. The highest BCUT2D eigenvalue weighted by molar-refractivity contribution is 5.90. The van der Waals surface area contributed by atoms with Crippen LogP contribution in [0, 0.1) is 5.92 Å². The fourth-order valence-corrected chi connectivity index (χ4v) is 3.81. The van der Waals surface area contributed by atoms with Gasteiger partial charge in [0.1, 0.15) is 17.8 Å². The standard InChI is InChI=1S/C16H22N4O/c1-2-11-8-17-15-14(11)16(19-10-18-15)20-6-5-13-12(9-20)4-3-7-21-13/h8,10,12-13H,2-7,9H2,1H3,(H,17,18,19). The van der Waals surface area contributed by atoms with Gasteiger partial charge in [-0.05, 0) is 31.2 Å². The summed E-state index contributed by atoms with van der Waals surface area (Å²) in [4.78, 5) is 14.7. The Morgan fingerprint density at radius 1 is 1.38 bits per heavy atom. The molecule has 0 aliphatic carbocycles. The van der Waals surface area contributed by atoms with Crippen LogP contribution in [0.1, 0.15) is 31.7 Å². The van der Waals surface area contributed by atoms with Crippen molar-refractivity contribution in [2.45, 2.75) is 38.7 Å². The lowest BCUT2D eigenvalue weighted by atomic mass is 9.88. The van der Waals surface area contributed by atoms with Gasteiger partial charge >= 0.3 is 0 Å². The van der Waals surface area contributed by atoms with Gasteiger partial charge in [-0.25, -0.2) is 9.97 Å². The Kier molecular flexibility index (Phi) is 3.30. The maximum atomic E-state index is 5.92. The summed E-state index contributed by atoms with van der Waals surface area (Å²) in [6.07, 6.45) is 8.80. The van der Waals surface area contributed by atoms with Gasteiger partial charge in [0, 0.05) is 31.8 Å². The minimum atomic E-state index is 0.462. The topological polar surface area (TPSA) is 54.0 Å². The Bertz CT molecular complexity index is 638. The van der Waals surface area contributed by atoms with E-state index >= 15 is 0 Å². The van der Waals surface area contributed by atoms with Crippen LogP contribution in [0.25, 0.3) is 11.0 Å². The van der Waals surface area contributed by atoms with Crippen molar-refractivity contribution in [2.24, 2.45) is 5.92 Å². The van der Waals surface area contributed by atoms with E-state index in [9.17, 15) is 0 Å². The first-order valence-corrected chi connectivity index (χ1v) is 8.04. The van der Waals surface area contributed by atoms with Crippen molar-refractivity contribution in [3.8, 4) is 0 Å². The number of aryl methyl sites for hydroxylation is 1. The summed E-state index contributed by atoms with van der Waals surface area (Å²) in [5, 5.41) is 1.20. The first-order valence-electron chi connectivity index (χ1n) is 8.04. The average Bonchev–Trinajstić information content (AvgIpc) is 2.97. The number of aromatic amines is 1. The largest absolute Gasteiger partial charge is 0.378 e. The van der Waals surface area contributed by atoms with E-state index in [2.05, 4.69) is 33.0 Å². The van der Waals surface area contributed by atoms with Gasteiger partial charge in [-0.1, -0.05) is 6.92 Å². The molecule has 1 N–H and O–H groups in total. The molecule has 5 nitrogen and oxygen atoms in total. The minimum absolute atomic E-state index is 0.462. The Morgan fingerprint density at radius 2 is 2.33 bits per heavy atom. The molecule has 2 saturated heterocycles. The number of nitrogens with zero attached hydrogens (tertiary/aromatic N) is 3. The van der Waals surface area contributed by atoms with Crippen LogP contribution < -0.4 is 4.90 Å².